The van der Waals surface area contributed by atoms with Gasteiger partial charge in [0.25, 0.3) is 5.91 Å². The predicted molar refractivity (Wildman–Crippen MR) is 95.4 cm³/mol. The van der Waals surface area contributed by atoms with E-state index in [2.05, 4.69) is 5.16 Å². The molecule has 1 aliphatic rings. The molecular weight excluding hydrogens is 316 g/mol. The molecule has 1 fully saturated rings. The maximum atomic E-state index is 12.9. The number of rotatable bonds is 4. The van der Waals surface area contributed by atoms with Crippen LogP contribution in [-0.2, 0) is 0 Å². The van der Waals surface area contributed by atoms with Gasteiger partial charge in [0.1, 0.15) is 5.56 Å². The number of aliphatic hydroxyl groups excluding tert-OH is 1. The lowest BCUT2D eigenvalue weighted by Gasteiger charge is -2.34. The van der Waals surface area contributed by atoms with Crippen LogP contribution in [0, 0.1) is 12.8 Å². The Morgan fingerprint density at radius 2 is 1.88 bits per heavy atom. The molecule has 1 N–H and O–H groups in total. The van der Waals surface area contributed by atoms with Crippen LogP contribution < -0.4 is 0 Å². The second kappa shape index (κ2) is 7.40. The third-order valence-corrected chi connectivity index (χ3v) is 5.04. The SMILES string of the molecule is Cc1noc(C(C)C)c1C(=O)N1CCC([C@H](O)c2ccccc2)CC1. The van der Waals surface area contributed by atoms with Gasteiger partial charge in [-0.2, -0.15) is 0 Å². The number of likely N-dealkylation sites (tertiary alicyclic amines) is 1. The van der Waals surface area contributed by atoms with Crippen molar-refractivity contribution in [2.24, 2.45) is 5.92 Å². The first kappa shape index (κ1) is 17.7. The van der Waals surface area contributed by atoms with Crippen molar-refractivity contribution in [1.29, 1.82) is 0 Å². The molecule has 1 aliphatic heterocycles. The number of carbonyl (C=O) groups is 1. The van der Waals surface area contributed by atoms with Crippen molar-refractivity contribution in [3.8, 4) is 0 Å². The Morgan fingerprint density at radius 3 is 2.48 bits per heavy atom. The van der Waals surface area contributed by atoms with E-state index in [4.69, 9.17) is 4.52 Å². The summed E-state index contributed by atoms with van der Waals surface area (Å²) in [5, 5.41) is 14.6. The van der Waals surface area contributed by atoms with Crippen molar-refractivity contribution in [3.05, 3.63) is 52.9 Å². The fourth-order valence-corrected chi connectivity index (χ4v) is 3.54. The smallest absolute Gasteiger partial charge is 0.259 e. The van der Waals surface area contributed by atoms with E-state index >= 15 is 0 Å². The average Bonchev–Trinajstić information content (AvgIpc) is 3.03. The Kier molecular flexibility index (Phi) is 5.23. The molecule has 5 nitrogen and oxygen atoms in total. The van der Waals surface area contributed by atoms with Gasteiger partial charge >= 0.3 is 0 Å². The lowest BCUT2D eigenvalue weighted by molar-refractivity contribution is 0.0460. The number of nitrogens with zero attached hydrogens (tertiary/aromatic N) is 2. The third-order valence-electron chi connectivity index (χ3n) is 5.04. The van der Waals surface area contributed by atoms with Crippen LogP contribution in [0.3, 0.4) is 0 Å². The molecule has 0 bridgehead atoms. The molecule has 0 radical (unpaired) electrons. The average molecular weight is 342 g/mol. The molecule has 5 heteroatoms. The van der Waals surface area contributed by atoms with Crippen molar-refractivity contribution < 1.29 is 14.4 Å². The second-order valence-electron chi connectivity index (χ2n) is 7.15. The van der Waals surface area contributed by atoms with E-state index < -0.39 is 6.10 Å². The minimum absolute atomic E-state index is 0.00454. The number of aliphatic hydroxyl groups is 1. The van der Waals surface area contributed by atoms with E-state index in [0.717, 1.165) is 18.4 Å². The topological polar surface area (TPSA) is 66.6 Å². The van der Waals surface area contributed by atoms with Crippen molar-refractivity contribution in [3.63, 3.8) is 0 Å². The molecule has 1 saturated heterocycles. The minimum Gasteiger partial charge on any atom is -0.388 e. The van der Waals surface area contributed by atoms with E-state index in [9.17, 15) is 9.90 Å². The van der Waals surface area contributed by atoms with Crippen LogP contribution in [0.15, 0.2) is 34.9 Å². The van der Waals surface area contributed by atoms with Crippen LogP contribution in [0.5, 0.6) is 0 Å². The van der Waals surface area contributed by atoms with Crippen molar-refractivity contribution in [1.82, 2.24) is 10.1 Å². The minimum atomic E-state index is -0.470. The highest BCUT2D eigenvalue weighted by Crippen LogP contribution is 2.32. The molecule has 2 aromatic rings. The molecule has 0 saturated carbocycles. The number of carbonyl (C=O) groups excluding carboxylic acids is 1. The fourth-order valence-electron chi connectivity index (χ4n) is 3.54. The molecule has 1 aromatic heterocycles. The zero-order valence-corrected chi connectivity index (χ0v) is 15.1. The van der Waals surface area contributed by atoms with Crippen LogP contribution in [0.2, 0.25) is 0 Å². The molecule has 0 spiro atoms. The third kappa shape index (κ3) is 3.61. The molecule has 25 heavy (non-hydrogen) atoms. The molecule has 0 aliphatic carbocycles. The highest BCUT2D eigenvalue weighted by Gasteiger charge is 2.32. The first-order valence-electron chi connectivity index (χ1n) is 8.97. The maximum absolute atomic E-state index is 12.9. The Balaban J connectivity index is 1.66. The predicted octanol–water partition coefficient (Wildman–Crippen LogP) is 3.69. The van der Waals surface area contributed by atoms with Crippen LogP contribution >= 0.6 is 0 Å². The molecule has 3 rings (SSSR count). The number of hydrogen-bond donors (Lipinski definition) is 1. The van der Waals surface area contributed by atoms with Crippen molar-refractivity contribution in [2.45, 2.75) is 45.6 Å². The summed E-state index contributed by atoms with van der Waals surface area (Å²) in [5.74, 6) is 0.959. The fraction of sp³-hybridized carbons (Fsp3) is 0.500. The second-order valence-corrected chi connectivity index (χ2v) is 7.15. The number of hydrogen-bond acceptors (Lipinski definition) is 4. The Bertz CT molecular complexity index is 716. The maximum Gasteiger partial charge on any atom is 0.259 e. The Morgan fingerprint density at radius 1 is 1.24 bits per heavy atom. The number of benzene rings is 1. The summed E-state index contributed by atoms with van der Waals surface area (Å²) in [6, 6.07) is 9.75. The van der Waals surface area contributed by atoms with Gasteiger partial charge in [-0.15, -0.1) is 0 Å². The zero-order valence-electron chi connectivity index (χ0n) is 15.1. The molecule has 0 unspecified atom stereocenters. The van der Waals surface area contributed by atoms with Crippen LogP contribution in [-0.4, -0.2) is 34.2 Å². The van der Waals surface area contributed by atoms with E-state index in [1.807, 2.05) is 56.0 Å². The molecule has 2 heterocycles. The van der Waals surface area contributed by atoms with Gasteiger partial charge in [0, 0.05) is 19.0 Å². The number of piperidine rings is 1. The largest absolute Gasteiger partial charge is 0.388 e. The monoisotopic (exact) mass is 342 g/mol. The van der Waals surface area contributed by atoms with E-state index in [1.54, 1.807) is 0 Å². The van der Waals surface area contributed by atoms with Gasteiger partial charge in [0.2, 0.25) is 0 Å². The highest BCUT2D eigenvalue weighted by molar-refractivity contribution is 5.96. The lowest BCUT2D eigenvalue weighted by Crippen LogP contribution is -2.40. The summed E-state index contributed by atoms with van der Waals surface area (Å²) in [7, 11) is 0. The molecular formula is C20H26N2O3. The molecule has 134 valence electrons. The number of aromatic nitrogens is 1. The number of amides is 1. The van der Waals surface area contributed by atoms with Crippen LogP contribution in [0.4, 0.5) is 0 Å². The number of aryl methyl sites for hydroxylation is 1. The first-order chi connectivity index (χ1) is 12.0. The van der Waals surface area contributed by atoms with Crippen molar-refractivity contribution in [2.75, 3.05) is 13.1 Å². The Hall–Kier alpha value is -2.14. The summed E-state index contributed by atoms with van der Waals surface area (Å²) >= 11 is 0. The van der Waals surface area contributed by atoms with Gasteiger partial charge in [-0.25, -0.2) is 0 Å². The van der Waals surface area contributed by atoms with Crippen LogP contribution in [0.25, 0.3) is 0 Å². The van der Waals surface area contributed by atoms with Crippen LogP contribution in [0.1, 0.15) is 66.1 Å². The quantitative estimate of drug-likeness (QED) is 0.920. The standard InChI is InChI=1S/C20H26N2O3/c1-13(2)19-17(14(3)21-25-19)20(24)22-11-9-16(10-12-22)18(23)15-7-5-4-6-8-15/h4-8,13,16,18,23H,9-12H2,1-3H3/t18-/m1/s1. The Labute approximate surface area is 148 Å². The summed E-state index contributed by atoms with van der Waals surface area (Å²) < 4.78 is 5.35. The molecule has 1 atom stereocenters. The normalized spacial score (nSPS) is 17.1. The molecule has 1 aromatic carbocycles. The zero-order chi connectivity index (χ0) is 18.0. The van der Waals surface area contributed by atoms with E-state index in [1.165, 1.54) is 0 Å². The van der Waals surface area contributed by atoms with Gasteiger partial charge in [-0.3, -0.25) is 4.79 Å². The first-order valence-corrected chi connectivity index (χ1v) is 8.97. The van der Waals surface area contributed by atoms with Gasteiger partial charge in [0.15, 0.2) is 5.76 Å². The van der Waals surface area contributed by atoms with Gasteiger partial charge < -0.3 is 14.5 Å². The van der Waals surface area contributed by atoms with Gasteiger partial charge in [-0.05, 0) is 31.2 Å². The summed E-state index contributed by atoms with van der Waals surface area (Å²) in [6.07, 6.45) is 1.12. The highest BCUT2D eigenvalue weighted by atomic mass is 16.5. The summed E-state index contributed by atoms with van der Waals surface area (Å²) in [4.78, 5) is 14.8. The van der Waals surface area contributed by atoms with Gasteiger partial charge in [0.05, 0.1) is 11.8 Å². The van der Waals surface area contributed by atoms with E-state index in [0.29, 0.717) is 30.1 Å². The van der Waals surface area contributed by atoms with E-state index in [-0.39, 0.29) is 17.7 Å². The lowest BCUT2D eigenvalue weighted by atomic mass is 9.87. The summed E-state index contributed by atoms with van der Waals surface area (Å²) in [6.45, 7) is 7.11. The van der Waals surface area contributed by atoms with Crippen molar-refractivity contribution >= 4 is 5.91 Å². The summed E-state index contributed by atoms with van der Waals surface area (Å²) in [5.41, 5.74) is 2.21. The van der Waals surface area contributed by atoms with Gasteiger partial charge in [-0.1, -0.05) is 49.3 Å². The molecule has 1 amide bonds.